The Kier molecular flexibility index (Phi) is 6.13. The molecule has 0 aliphatic rings. The molecule has 0 bridgehead atoms. The van der Waals surface area contributed by atoms with Gasteiger partial charge in [-0.15, -0.1) is 11.3 Å². The van der Waals surface area contributed by atoms with Crippen molar-refractivity contribution in [3.8, 4) is 0 Å². The number of ether oxygens (including phenoxy) is 1. The van der Waals surface area contributed by atoms with Crippen LogP contribution in [0.1, 0.15) is 55.3 Å². The van der Waals surface area contributed by atoms with E-state index >= 15 is 0 Å². The molecule has 0 saturated heterocycles. The first kappa shape index (κ1) is 20.3. The van der Waals surface area contributed by atoms with E-state index in [0.717, 1.165) is 11.3 Å². The van der Waals surface area contributed by atoms with E-state index in [1.54, 1.807) is 36.1 Å². The number of primary amides is 1. The maximum atomic E-state index is 12.6. The normalized spacial score (nSPS) is 10.7. The lowest BCUT2D eigenvalue weighted by Crippen LogP contribution is -2.15. The molecule has 0 aromatic carbocycles. The number of hydrogen-bond donors (Lipinski definition) is 2. The van der Waals surface area contributed by atoms with Crippen molar-refractivity contribution in [2.45, 2.75) is 26.8 Å². The highest BCUT2D eigenvalue weighted by atomic mass is 32.1. The molecule has 2 amide bonds. The molecule has 0 atom stereocenters. The highest BCUT2D eigenvalue weighted by Gasteiger charge is 2.26. The molecule has 3 N–H and O–H groups in total. The lowest BCUT2D eigenvalue weighted by Gasteiger charge is -2.07. The van der Waals surface area contributed by atoms with E-state index in [0.29, 0.717) is 24.3 Å². The van der Waals surface area contributed by atoms with E-state index in [1.807, 2.05) is 6.92 Å². The molecule has 0 fully saturated rings. The number of nitrogens with two attached hydrogens (primary N) is 1. The van der Waals surface area contributed by atoms with E-state index in [9.17, 15) is 14.4 Å². The number of amides is 2. The summed E-state index contributed by atoms with van der Waals surface area (Å²) in [4.78, 5) is 36.9. The summed E-state index contributed by atoms with van der Waals surface area (Å²) >= 11 is 0.926. The van der Waals surface area contributed by atoms with Crippen molar-refractivity contribution >= 4 is 34.1 Å². The molecule has 0 spiro atoms. The Hall–Kier alpha value is -3.40. The molecular weight excluding hydrogens is 396 g/mol. The van der Waals surface area contributed by atoms with Crippen molar-refractivity contribution in [3.05, 3.63) is 58.1 Å². The van der Waals surface area contributed by atoms with Gasteiger partial charge >= 0.3 is 5.97 Å². The minimum absolute atomic E-state index is 0.0618. The lowest BCUT2D eigenvalue weighted by atomic mass is 10.1. The molecule has 10 heteroatoms. The maximum Gasteiger partial charge on any atom is 0.341 e. The number of nitrogens with one attached hydrogen (secondary N) is 1. The fourth-order valence-electron chi connectivity index (χ4n) is 2.65. The second-order valence-electron chi connectivity index (χ2n) is 6.18. The Morgan fingerprint density at radius 2 is 2.14 bits per heavy atom. The number of hydrogen-bond acceptors (Lipinski definition) is 7. The van der Waals surface area contributed by atoms with Crippen LogP contribution in [-0.2, 0) is 11.3 Å². The molecule has 3 heterocycles. The standard InChI is InChI=1S/C19H20N4O5S/c1-3-9-27-19(26)14-11(2)15(16(20)24)29-18(14)22-17(25)13-6-5-12(28-13)10-23-8-4-7-21-23/h4-8H,3,9-10H2,1-2H3,(H2,20,24)(H,22,25). The lowest BCUT2D eigenvalue weighted by molar-refractivity contribution is 0.0506. The number of carbonyl (C=O) groups excluding carboxylic acids is 3. The van der Waals surface area contributed by atoms with Crippen LogP contribution in [-0.4, -0.2) is 34.2 Å². The number of furan rings is 1. The molecule has 3 aromatic heterocycles. The molecule has 0 aliphatic carbocycles. The van der Waals surface area contributed by atoms with Gasteiger partial charge in [-0.1, -0.05) is 6.92 Å². The highest BCUT2D eigenvalue weighted by molar-refractivity contribution is 7.18. The van der Waals surface area contributed by atoms with Crippen LogP contribution in [0.4, 0.5) is 5.00 Å². The molecular formula is C19H20N4O5S. The van der Waals surface area contributed by atoms with Crippen molar-refractivity contribution < 1.29 is 23.5 Å². The Labute approximate surface area is 170 Å². The molecule has 0 radical (unpaired) electrons. The molecule has 3 rings (SSSR count). The van der Waals surface area contributed by atoms with Crippen molar-refractivity contribution in [1.29, 1.82) is 0 Å². The molecule has 0 unspecified atom stereocenters. The zero-order valence-electron chi connectivity index (χ0n) is 15.9. The number of anilines is 1. The zero-order chi connectivity index (χ0) is 21.0. The van der Waals surface area contributed by atoms with Gasteiger partial charge in [0.25, 0.3) is 11.8 Å². The van der Waals surface area contributed by atoms with Crippen LogP contribution in [0.25, 0.3) is 0 Å². The predicted molar refractivity (Wildman–Crippen MR) is 106 cm³/mol. The van der Waals surface area contributed by atoms with Crippen molar-refractivity contribution in [3.63, 3.8) is 0 Å². The second-order valence-corrected chi connectivity index (χ2v) is 7.20. The third kappa shape index (κ3) is 4.54. The Balaban J connectivity index is 1.82. The first-order chi connectivity index (χ1) is 13.9. The monoisotopic (exact) mass is 416 g/mol. The first-order valence-electron chi connectivity index (χ1n) is 8.88. The minimum Gasteiger partial charge on any atom is -0.462 e. The van der Waals surface area contributed by atoms with Crippen LogP contribution in [0.3, 0.4) is 0 Å². The van der Waals surface area contributed by atoms with Crippen molar-refractivity contribution in [1.82, 2.24) is 9.78 Å². The van der Waals surface area contributed by atoms with E-state index in [4.69, 9.17) is 14.9 Å². The molecule has 9 nitrogen and oxygen atoms in total. The number of aromatic nitrogens is 2. The van der Waals surface area contributed by atoms with Gasteiger partial charge in [0, 0.05) is 12.4 Å². The first-order valence-corrected chi connectivity index (χ1v) is 9.70. The second kappa shape index (κ2) is 8.74. The third-order valence-electron chi connectivity index (χ3n) is 4.00. The number of rotatable bonds is 8. The van der Waals surface area contributed by atoms with Crippen LogP contribution in [0.2, 0.25) is 0 Å². The van der Waals surface area contributed by atoms with Crippen molar-refractivity contribution in [2.75, 3.05) is 11.9 Å². The summed E-state index contributed by atoms with van der Waals surface area (Å²) in [5, 5.41) is 6.90. The van der Waals surface area contributed by atoms with Crippen LogP contribution in [0, 0.1) is 6.92 Å². The number of nitrogens with zero attached hydrogens (tertiary/aromatic N) is 2. The average molecular weight is 416 g/mol. The molecule has 0 aliphatic heterocycles. The predicted octanol–water partition coefficient (Wildman–Crippen LogP) is 2.81. The summed E-state index contributed by atoms with van der Waals surface area (Å²) in [5.41, 5.74) is 5.88. The average Bonchev–Trinajstić information content (AvgIpc) is 3.41. The Bertz CT molecular complexity index is 1040. The Morgan fingerprint density at radius 1 is 1.34 bits per heavy atom. The van der Waals surface area contributed by atoms with Crippen LogP contribution in [0.5, 0.6) is 0 Å². The maximum absolute atomic E-state index is 12.6. The van der Waals surface area contributed by atoms with Gasteiger partial charge in [0.15, 0.2) is 5.76 Å². The fraction of sp³-hybridized carbons (Fsp3) is 0.263. The summed E-state index contributed by atoms with van der Waals surface area (Å²) in [7, 11) is 0. The van der Waals surface area contributed by atoms with Crippen LogP contribution < -0.4 is 11.1 Å². The SMILES string of the molecule is CCCOC(=O)c1c(NC(=O)c2ccc(Cn3cccn3)o2)sc(C(N)=O)c1C. The largest absolute Gasteiger partial charge is 0.462 e. The summed E-state index contributed by atoms with van der Waals surface area (Å²) in [6.07, 6.45) is 4.06. The van der Waals surface area contributed by atoms with Gasteiger partial charge in [-0.2, -0.15) is 5.10 Å². The smallest absolute Gasteiger partial charge is 0.341 e. The van der Waals surface area contributed by atoms with Gasteiger partial charge in [-0.25, -0.2) is 4.79 Å². The molecule has 152 valence electrons. The third-order valence-corrected chi connectivity index (χ3v) is 5.22. The summed E-state index contributed by atoms with van der Waals surface area (Å²) in [5.74, 6) is -1.26. The van der Waals surface area contributed by atoms with Gasteiger partial charge < -0.3 is 20.2 Å². The van der Waals surface area contributed by atoms with Gasteiger partial charge in [0.1, 0.15) is 10.8 Å². The minimum atomic E-state index is -0.683. The highest BCUT2D eigenvalue weighted by Crippen LogP contribution is 2.34. The zero-order valence-corrected chi connectivity index (χ0v) is 16.7. The van der Waals surface area contributed by atoms with E-state index in [2.05, 4.69) is 10.4 Å². The quantitative estimate of drug-likeness (QED) is 0.543. The van der Waals surface area contributed by atoms with Crippen LogP contribution in [0.15, 0.2) is 35.0 Å². The topological polar surface area (TPSA) is 129 Å². The fourth-order valence-corrected chi connectivity index (χ4v) is 3.69. The summed E-state index contributed by atoms with van der Waals surface area (Å²) in [6.45, 7) is 4.05. The van der Waals surface area contributed by atoms with Crippen LogP contribution >= 0.6 is 11.3 Å². The van der Waals surface area contributed by atoms with E-state index < -0.39 is 17.8 Å². The number of esters is 1. The van der Waals surface area contributed by atoms with Gasteiger partial charge in [-0.05, 0) is 37.1 Å². The van der Waals surface area contributed by atoms with E-state index in [-0.39, 0.29) is 27.8 Å². The van der Waals surface area contributed by atoms with Gasteiger partial charge in [-0.3, -0.25) is 14.3 Å². The molecule has 3 aromatic rings. The molecule has 29 heavy (non-hydrogen) atoms. The Morgan fingerprint density at radius 3 is 2.79 bits per heavy atom. The van der Waals surface area contributed by atoms with Gasteiger partial charge in [0.2, 0.25) is 0 Å². The summed E-state index contributed by atoms with van der Waals surface area (Å²) in [6, 6.07) is 4.98. The van der Waals surface area contributed by atoms with Crippen molar-refractivity contribution in [2.24, 2.45) is 5.73 Å². The van der Waals surface area contributed by atoms with E-state index in [1.165, 1.54) is 6.07 Å². The summed E-state index contributed by atoms with van der Waals surface area (Å²) < 4.78 is 12.4. The molecule has 0 saturated carbocycles. The van der Waals surface area contributed by atoms with Gasteiger partial charge in [0.05, 0.1) is 23.6 Å². The number of carbonyl (C=O) groups is 3. The number of thiophene rings is 1.